The highest BCUT2D eigenvalue weighted by Gasteiger charge is 2.63. The molecule has 1 heterocycles. The van der Waals surface area contributed by atoms with Crippen LogP contribution in [0, 0.1) is 11.6 Å². The van der Waals surface area contributed by atoms with Crippen LogP contribution in [0.5, 0.6) is 0 Å². The van der Waals surface area contributed by atoms with Crippen LogP contribution in [0.3, 0.4) is 0 Å². The van der Waals surface area contributed by atoms with Gasteiger partial charge in [0.2, 0.25) is 0 Å². The Morgan fingerprint density at radius 2 is 1.59 bits per heavy atom. The molecule has 178 valence electrons. The second kappa shape index (κ2) is 8.98. The van der Waals surface area contributed by atoms with Crippen LogP contribution in [-0.2, 0) is 0 Å². The molecule has 0 aliphatic carbocycles. The highest BCUT2D eigenvalue weighted by Crippen LogP contribution is 2.45. The van der Waals surface area contributed by atoms with Gasteiger partial charge in [-0.15, -0.1) is 11.8 Å². The van der Waals surface area contributed by atoms with E-state index in [9.17, 15) is 30.7 Å². The molecule has 1 unspecified atom stereocenters. The smallest absolute Gasteiger partial charge is 0.257 e. The van der Waals surface area contributed by atoms with E-state index in [4.69, 9.17) is 0 Å². The van der Waals surface area contributed by atoms with Crippen molar-refractivity contribution in [3.05, 3.63) is 83.9 Å². The summed E-state index contributed by atoms with van der Waals surface area (Å²) in [5, 5.41) is 4.53. The fourth-order valence-corrected chi connectivity index (χ4v) is 4.14. The Labute approximate surface area is 195 Å². The monoisotopic (exact) mass is 498 g/mol. The van der Waals surface area contributed by atoms with Crippen LogP contribution in [0.2, 0.25) is 0 Å². The van der Waals surface area contributed by atoms with E-state index in [0.717, 1.165) is 27.6 Å². The minimum atomic E-state index is -5.87. The molecule has 0 N–H and O–H groups in total. The summed E-state index contributed by atoms with van der Waals surface area (Å²) in [6.45, 7) is 0. The molecule has 10 heteroatoms. The highest BCUT2D eigenvalue weighted by molar-refractivity contribution is 7.98. The molecule has 0 bridgehead atoms. The number of hydrogen-bond donors (Lipinski definition) is 0. The molecule has 2 nitrogen and oxygen atoms in total. The molecule has 0 saturated carbocycles. The zero-order chi connectivity index (χ0) is 24.7. The van der Waals surface area contributed by atoms with Crippen molar-refractivity contribution in [2.75, 3.05) is 11.3 Å². The number of thioether (sulfide) groups is 1. The average molecular weight is 498 g/mol. The van der Waals surface area contributed by atoms with Crippen molar-refractivity contribution in [1.82, 2.24) is 0 Å². The Morgan fingerprint density at radius 1 is 0.882 bits per heavy atom. The van der Waals surface area contributed by atoms with E-state index in [0.29, 0.717) is 11.6 Å². The Morgan fingerprint density at radius 3 is 2.21 bits per heavy atom. The molecule has 34 heavy (non-hydrogen) atoms. The van der Waals surface area contributed by atoms with Gasteiger partial charge in [0.1, 0.15) is 17.3 Å². The lowest BCUT2D eigenvalue weighted by molar-refractivity contribution is -0.249. The largest absolute Gasteiger partial charge is 0.459 e. The van der Waals surface area contributed by atoms with Crippen molar-refractivity contribution in [1.29, 1.82) is 0 Å². The van der Waals surface area contributed by atoms with Gasteiger partial charge in [-0.1, -0.05) is 30.3 Å². The van der Waals surface area contributed by atoms with Crippen molar-refractivity contribution in [2.45, 2.75) is 29.5 Å². The Bertz CT molecular complexity index is 1220. The van der Waals surface area contributed by atoms with Crippen LogP contribution in [0.4, 0.5) is 36.4 Å². The average Bonchev–Trinajstić information content (AvgIpc) is 3.24. The molecular weight excluding hydrogens is 481 g/mol. The van der Waals surface area contributed by atoms with E-state index in [1.807, 2.05) is 30.5 Å². The standard InChI is InChI=1S/C24H17F7N2S/c1-34-18-8-5-14(6-9-18)15-3-2-4-17(11-15)33-21(19-10-7-16(25)12-20(19)26)13-22(32-33)23(27,28)24(29,30)31/h2-12,21H,13H2,1H3. The van der Waals surface area contributed by atoms with Gasteiger partial charge in [0.05, 0.1) is 11.7 Å². The summed E-state index contributed by atoms with van der Waals surface area (Å²) in [5.74, 6) is -7.17. The summed E-state index contributed by atoms with van der Waals surface area (Å²) in [6.07, 6.45) is -4.83. The van der Waals surface area contributed by atoms with Crippen LogP contribution in [-0.4, -0.2) is 24.1 Å². The van der Waals surface area contributed by atoms with Crippen molar-refractivity contribution in [3.63, 3.8) is 0 Å². The first kappa shape index (κ1) is 24.1. The lowest BCUT2D eigenvalue weighted by Gasteiger charge is -2.25. The third-order valence-electron chi connectivity index (χ3n) is 5.48. The topological polar surface area (TPSA) is 15.6 Å². The Balaban J connectivity index is 1.79. The predicted octanol–water partition coefficient (Wildman–Crippen LogP) is 7.86. The fraction of sp³-hybridized carbons (Fsp3) is 0.208. The van der Waals surface area contributed by atoms with Gasteiger partial charge in [-0.25, -0.2) is 8.78 Å². The number of halogens is 7. The van der Waals surface area contributed by atoms with E-state index in [2.05, 4.69) is 5.10 Å². The van der Waals surface area contributed by atoms with Gasteiger partial charge in [-0.3, -0.25) is 5.01 Å². The van der Waals surface area contributed by atoms with E-state index >= 15 is 0 Å². The third kappa shape index (κ3) is 4.51. The summed E-state index contributed by atoms with van der Waals surface area (Å²) in [4.78, 5) is 1.02. The van der Waals surface area contributed by atoms with E-state index in [1.54, 1.807) is 30.0 Å². The zero-order valence-electron chi connectivity index (χ0n) is 17.6. The van der Waals surface area contributed by atoms with Gasteiger partial charge in [0.25, 0.3) is 0 Å². The van der Waals surface area contributed by atoms with Gasteiger partial charge in [0, 0.05) is 22.9 Å². The Hall–Kier alpha value is -3.01. The molecule has 0 saturated heterocycles. The maximum Gasteiger partial charge on any atom is 0.459 e. The number of rotatable bonds is 5. The maximum absolute atomic E-state index is 14.5. The number of hydrazone groups is 1. The molecule has 4 rings (SSSR count). The minimum absolute atomic E-state index is 0.188. The molecule has 0 radical (unpaired) electrons. The maximum atomic E-state index is 14.5. The molecule has 0 amide bonds. The molecule has 0 fully saturated rings. The van der Waals surface area contributed by atoms with E-state index in [1.165, 1.54) is 6.07 Å². The number of benzene rings is 3. The third-order valence-corrected chi connectivity index (χ3v) is 6.23. The summed E-state index contributed by atoms with van der Waals surface area (Å²) >= 11 is 1.55. The predicted molar refractivity (Wildman–Crippen MR) is 118 cm³/mol. The van der Waals surface area contributed by atoms with Gasteiger partial charge >= 0.3 is 12.1 Å². The first-order valence-electron chi connectivity index (χ1n) is 10.0. The van der Waals surface area contributed by atoms with Crippen LogP contribution < -0.4 is 5.01 Å². The van der Waals surface area contributed by atoms with Crippen molar-refractivity contribution in [2.24, 2.45) is 5.10 Å². The highest BCUT2D eigenvalue weighted by atomic mass is 32.2. The molecule has 3 aromatic rings. The summed E-state index contributed by atoms with van der Waals surface area (Å²) < 4.78 is 95.4. The Kier molecular flexibility index (Phi) is 6.37. The van der Waals surface area contributed by atoms with Gasteiger partial charge in [-0.05, 0) is 47.7 Å². The van der Waals surface area contributed by atoms with Crippen molar-refractivity contribution in [3.8, 4) is 11.1 Å². The van der Waals surface area contributed by atoms with Crippen molar-refractivity contribution >= 4 is 23.2 Å². The molecule has 0 aromatic heterocycles. The van der Waals surface area contributed by atoms with Gasteiger partial charge in [-0.2, -0.15) is 27.1 Å². The van der Waals surface area contributed by atoms with Crippen LogP contribution in [0.25, 0.3) is 11.1 Å². The van der Waals surface area contributed by atoms with Crippen molar-refractivity contribution < 1.29 is 30.7 Å². The molecular formula is C24H17F7N2S. The first-order chi connectivity index (χ1) is 16.0. The second-order valence-corrected chi connectivity index (χ2v) is 8.51. The normalized spacial score (nSPS) is 16.6. The van der Waals surface area contributed by atoms with E-state index in [-0.39, 0.29) is 11.3 Å². The first-order valence-corrected chi connectivity index (χ1v) is 11.2. The molecule has 3 aromatic carbocycles. The summed E-state index contributed by atoms with van der Waals surface area (Å²) in [7, 11) is 0. The van der Waals surface area contributed by atoms with Crippen LogP contribution >= 0.6 is 11.8 Å². The summed E-state index contributed by atoms with van der Waals surface area (Å²) in [5.41, 5.74) is -0.0488. The number of alkyl halides is 5. The molecule has 0 spiro atoms. The number of nitrogens with zero attached hydrogens (tertiary/aromatic N) is 2. The van der Waals surface area contributed by atoms with Crippen LogP contribution in [0.15, 0.2) is 76.7 Å². The van der Waals surface area contributed by atoms with E-state index < -0.39 is 41.9 Å². The SMILES string of the molecule is CSc1ccc(-c2cccc(N3N=C(C(F)(F)C(F)(F)F)CC3c3ccc(F)cc3F)c2)cc1. The molecule has 1 aliphatic rings. The van der Waals surface area contributed by atoms with Crippen LogP contribution in [0.1, 0.15) is 18.0 Å². The van der Waals surface area contributed by atoms with Gasteiger partial charge in [0.15, 0.2) is 0 Å². The minimum Gasteiger partial charge on any atom is -0.257 e. The zero-order valence-corrected chi connectivity index (χ0v) is 18.4. The summed E-state index contributed by atoms with van der Waals surface area (Å²) in [6, 6.07) is 15.0. The lowest BCUT2D eigenvalue weighted by atomic mass is 9.97. The van der Waals surface area contributed by atoms with Gasteiger partial charge < -0.3 is 0 Å². The fourth-order valence-electron chi connectivity index (χ4n) is 3.73. The number of anilines is 1. The quantitative estimate of drug-likeness (QED) is 0.263. The molecule has 1 atom stereocenters. The second-order valence-electron chi connectivity index (χ2n) is 7.63. The number of hydrogen-bond acceptors (Lipinski definition) is 3. The molecule has 1 aliphatic heterocycles. The lowest BCUT2D eigenvalue weighted by Crippen LogP contribution is -2.43.